The second kappa shape index (κ2) is 4.88. The van der Waals surface area contributed by atoms with E-state index in [0.717, 1.165) is 5.69 Å². The molecule has 1 nitrogen and oxygen atoms in total. The molecule has 1 heterocycles. The molecule has 0 aliphatic carbocycles. The van der Waals surface area contributed by atoms with Crippen LogP contribution in [0.5, 0.6) is 0 Å². The lowest BCUT2D eigenvalue weighted by Crippen LogP contribution is -2.55. The maximum absolute atomic E-state index is 13.1. The van der Waals surface area contributed by atoms with Gasteiger partial charge in [-0.15, -0.1) is 0 Å². The summed E-state index contributed by atoms with van der Waals surface area (Å²) in [5.74, 6) is 0. The Labute approximate surface area is 128 Å². The number of halogens is 4. The van der Waals surface area contributed by atoms with Gasteiger partial charge in [0.25, 0.3) is 0 Å². The highest BCUT2D eigenvalue weighted by atomic mass is 79.9. The molecule has 1 saturated heterocycles. The van der Waals surface area contributed by atoms with Crippen molar-refractivity contribution in [2.24, 2.45) is 0 Å². The summed E-state index contributed by atoms with van der Waals surface area (Å²) in [6.07, 6.45) is -4.31. The Morgan fingerprint density at radius 3 is 2.00 bits per heavy atom. The highest BCUT2D eigenvalue weighted by molar-refractivity contribution is 9.10. The molecule has 0 N–H and O–H groups in total. The fourth-order valence-corrected chi connectivity index (χ4v) is 17.9. The van der Waals surface area contributed by atoms with Gasteiger partial charge in [-0.3, -0.25) is 0 Å². The molecule has 1 aromatic rings. The van der Waals surface area contributed by atoms with Crippen LogP contribution in [-0.4, -0.2) is 16.5 Å². The summed E-state index contributed by atoms with van der Waals surface area (Å²) in [7, 11) is -3.27. The van der Waals surface area contributed by atoms with Crippen LogP contribution >= 0.6 is 15.9 Å². The van der Waals surface area contributed by atoms with Crippen molar-refractivity contribution in [2.45, 2.75) is 44.5 Å². The van der Waals surface area contributed by atoms with E-state index in [1.54, 1.807) is 0 Å². The Morgan fingerprint density at radius 2 is 1.55 bits per heavy atom. The van der Waals surface area contributed by atoms with Crippen molar-refractivity contribution in [1.82, 2.24) is 0 Å². The van der Waals surface area contributed by atoms with Gasteiger partial charge in [-0.1, -0.05) is 42.1 Å². The van der Waals surface area contributed by atoms with Crippen molar-refractivity contribution < 1.29 is 13.2 Å². The van der Waals surface area contributed by atoms with Gasteiger partial charge >= 0.3 is 6.18 Å². The maximum atomic E-state index is 13.1. The van der Waals surface area contributed by atoms with Crippen LogP contribution in [0.3, 0.4) is 0 Å². The topological polar surface area (TPSA) is 3.24 Å². The van der Waals surface area contributed by atoms with E-state index in [9.17, 15) is 13.2 Å². The molecule has 1 aliphatic rings. The van der Waals surface area contributed by atoms with Gasteiger partial charge in [0.2, 0.25) is 0 Å². The van der Waals surface area contributed by atoms with Crippen molar-refractivity contribution >= 4 is 38.1 Å². The lowest BCUT2D eigenvalue weighted by atomic mass is 10.2. The summed E-state index contributed by atoms with van der Waals surface area (Å²) < 4.78 is 41.7. The molecule has 0 atom stereocenters. The van der Waals surface area contributed by atoms with Gasteiger partial charge in [0.05, 0.1) is 5.56 Å². The summed E-state index contributed by atoms with van der Waals surface area (Å²) in [6.45, 7) is 9.02. The van der Waals surface area contributed by atoms with Crippen LogP contribution in [0.1, 0.15) is 5.56 Å². The van der Waals surface area contributed by atoms with Crippen molar-refractivity contribution in [3.8, 4) is 0 Å². The molecule has 1 aliphatic heterocycles. The molecule has 112 valence electrons. The first kappa shape index (κ1) is 16.1. The average molecular weight is 382 g/mol. The number of hydrogen-bond donors (Lipinski definition) is 0. The highest BCUT2D eigenvalue weighted by Crippen LogP contribution is 2.43. The molecular formula is C13H19BrF3NSi2. The molecule has 7 heteroatoms. The van der Waals surface area contributed by atoms with Gasteiger partial charge in [0.15, 0.2) is 0 Å². The summed E-state index contributed by atoms with van der Waals surface area (Å²) in [5, 5.41) is 0. The van der Waals surface area contributed by atoms with Crippen molar-refractivity contribution in [1.29, 1.82) is 0 Å². The van der Waals surface area contributed by atoms with Crippen LogP contribution in [0.15, 0.2) is 22.7 Å². The first-order valence-electron chi connectivity index (χ1n) is 6.62. The van der Waals surface area contributed by atoms with Crippen molar-refractivity contribution in [2.75, 3.05) is 4.23 Å². The van der Waals surface area contributed by atoms with Gasteiger partial charge in [0.1, 0.15) is 16.5 Å². The first-order chi connectivity index (χ1) is 8.95. The van der Waals surface area contributed by atoms with Crippen molar-refractivity contribution in [3.05, 3.63) is 28.2 Å². The Hall–Kier alpha value is -0.276. The smallest absolute Gasteiger partial charge is 0.417 e. The van der Waals surface area contributed by atoms with Crippen LogP contribution in [0.2, 0.25) is 38.3 Å². The molecule has 0 spiro atoms. The molecule has 2 rings (SSSR count). The summed E-state index contributed by atoms with van der Waals surface area (Å²) >= 11 is 3.02. The van der Waals surface area contributed by atoms with Crippen LogP contribution in [0, 0.1) is 0 Å². The molecule has 0 unspecified atom stereocenters. The lowest BCUT2D eigenvalue weighted by Gasteiger charge is -2.41. The van der Waals surface area contributed by atoms with Crippen LogP contribution in [0.4, 0.5) is 18.9 Å². The number of nitrogens with zero attached hydrogens (tertiary/aromatic N) is 1. The minimum Gasteiger partial charge on any atom is -0.424 e. The molecule has 0 aromatic heterocycles. The van der Waals surface area contributed by atoms with E-state index in [2.05, 4.69) is 46.3 Å². The Bertz CT molecular complexity index is 513. The fourth-order valence-electron chi connectivity index (χ4n) is 3.22. The molecule has 0 radical (unpaired) electrons. The predicted molar refractivity (Wildman–Crippen MR) is 86.2 cm³/mol. The van der Waals surface area contributed by atoms with Gasteiger partial charge in [-0.25, -0.2) is 0 Å². The molecule has 0 bridgehead atoms. The minimum absolute atomic E-state index is 0.117. The molecule has 1 aromatic carbocycles. The van der Waals surface area contributed by atoms with Gasteiger partial charge < -0.3 is 4.23 Å². The third-order valence-electron chi connectivity index (χ3n) is 4.07. The van der Waals surface area contributed by atoms with Crippen molar-refractivity contribution in [3.63, 3.8) is 0 Å². The van der Waals surface area contributed by atoms with E-state index in [1.807, 2.05) is 6.07 Å². The number of rotatable bonds is 1. The molecule has 0 saturated carbocycles. The van der Waals surface area contributed by atoms with Crippen LogP contribution in [0.25, 0.3) is 0 Å². The van der Waals surface area contributed by atoms with E-state index in [0.29, 0.717) is 0 Å². The zero-order valence-electron chi connectivity index (χ0n) is 12.1. The number of hydrogen-bond acceptors (Lipinski definition) is 1. The van der Waals surface area contributed by atoms with E-state index in [4.69, 9.17) is 0 Å². The fraction of sp³-hybridized carbons (Fsp3) is 0.538. The summed E-state index contributed by atoms with van der Waals surface area (Å²) in [5.41, 5.74) is 0.183. The Kier molecular flexibility index (Phi) is 3.93. The lowest BCUT2D eigenvalue weighted by molar-refractivity contribution is -0.138. The normalized spacial score (nSPS) is 21.3. The van der Waals surface area contributed by atoms with E-state index < -0.39 is 28.2 Å². The third kappa shape index (κ3) is 2.85. The second-order valence-electron chi connectivity index (χ2n) is 6.62. The number of alkyl halides is 3. The van der Waals surface area contributed by atoms with Crippen LogP contribution < -0.4 is 4.23 Å². The van der Waals surface area contributed by atoms with E-state index in [1.165, 1.54) is 24.2 Å². The van der Waals surface area contributed by atoms with Gasteiger partial charge in [-0.2, -0.15) is 13.2 Å². The van der Waals surface area contributed by atoms with E-state index >= 15 is 0 Å². The third-order valence-corrected chi connectivity index (χ3v) is 14.8. The standard InChI is InChI=1S/C13H19BrF3NSi2/c1-19(2)7-8-20(3,4)18(19)10-5-6-12(14)11(9-10)13(15,16)17/h5-6,9H,7-8H2,1-4H3. The van der Waals surface area contributed by atoms with E-state index in [-0.39, 0.29) is 4.47 Å². The zero-order chi connectivity index (χ0) is 15.3. The number of benzene rings is 1. The molecule has 0 amide bonds. The second-order valence-corrected chi connectivity index (χ2v) is 17.1. The minimum atomic E-state index is -4.31. The summed E-state index contributed by atoms with van der Waals surface area (Å²) in [6, 6.07) is 7.02. The van der Waals surface area contributed by atoms with Gasteiger partial charge in [-0.05, 0) is 30.3 Å². The maximum Gasteiger partial charge on any atom is 0.417 e. The zero-order valence-corrected chi connectivity index (χ0v) is 15.7. The van der Waals surface area contributed by atoms with Crippen LogP contribution in [-0.2, 0) is 6.18 Å². The molecule has 20 heavy (non-hydrogen) atoms. The predicted octanol–water partition coefficient (Wildman–Crippen LogP) is 5.70. The Morgan fingerprint density at radius 1 is 1.05 bits per heavy atom. The molecule has 1 fully saturated rings. The molecular weight excluding hydrogens is 363 g/mol. The first-order valence-corrected chi connectivity index (χ1v) is 13.7. The Balaban J connectivity index is 2.53. The number of anilines is 1. The average Bonchev–Trinajstić information content (AvgIpc) is 2.48. The highest BCUT2D eigenvalue weighted by Gasteiger charge is 2.48. The summed E-state index contributed by atoms with van der Waals surface area (Å²) in [4.78, 5) is 0. The van der Waals surface area contributed by atoms with Gasteiger partial charge in [0, 0.05) is 10.2 Å². The quantitative estimate of drug-likeness (QED) is 0.564. The largest absolute Gasteiger partial charge is 0.424 e. The monoisotopic (exact) mass is 381 g/mol. The SMILES string of the molecule is C[Si]1(C)CC[Si](C)(C)N1c1ccc(Br)c(C(F)(F)F)c1.